The highest BCUT2D eigenvalue weighted by molar-refractivity contribution is 9.10. The summed E-state index contributed by atoms with van der Waals surface area (Å²) in [6.07, 6.45) is 7.66. The summed E-state index contributed by atoms with van der Waals surface area (Å²) in [5.41, 5.74) is 8.23. The summed E-state index contributed by atoms with van der Waals surface area (Å²) in [7, 11) is 5.69. The van der Waals surface area contributed by atoms with Crippen molar-refractivity contribution >= 4 is 38.9 Å². The molecule has 0 bridgehead atoms. The fourth-order valence-electron chi connectivity index (χ4n) is 5.60. The molecule has 5 heterocycles. The molecule has 0 atom stereocenters. The van der Waals surface area contributed by atoms with Gasteiger partial charge in [0.05, 0.1) is 42.4 Å². The first-order valence-electron chi connectivity index (χ1n) is 13.7. The number of hydrogen-bond donors (Lipinski definition) is 1. The molecule has 42 heavy (non-hydrogen) atoms. The Morgan fingerprint density at radius 1 is 1.00 bits per heavy atom. The summed E-state index contributed by atoms with van der Waals surface area (Å²) in [5, 5.41) is 12.8. The Bertz CT molecular complexity index is 1780. The number of rotatable bonds is 6. The number of fused-ring (bicyclic) bond motifs is 3. The maximum absolute atomic E-state index is 5.85. The van der Waals surface area contributed by atoms with Crippen molar-refractivity contribution in [2.45, 2.75) is 6.54 Å². The molecule has 12 heteroatoms. The highest BCUT2D eigenvalue weighted by atomic mass is 79.9. The number of aryl methyl sites for hydroxylation is 1. The van der Waals surface area contributed by atoms with Gasteiger partial charge in [0.25, 0.3) is 0 Å². The van der Waals surface area contributed by atoms with E-state index < -0.39 is 0 Å². The quantitative estimate of drug-likeness (QED) is 0.278. The number of hydrogen-bond acceptors (Lipinski definition) is 9. The number of halogens is 1. The van der Waals surface area contributed by atoms with Crippen LogP contribution in [0.4, 0.5) is 23.0 Å². The van der Waals surface area contributed by atoms with Gasteiger partial charge in [-0.25, -0.2) is 9.67 Å². The van der Waals surface area contributed by atoms with Gasteiger partial charge in [0.1, 0.15) is 5.75 Å². The van der Waals surface area contributed by atoms with Crippen LogP contribution in [0.3, 0.4) is 0 Å². The molecule has 1 saturated heterocycles. The number of ether oxygens (including phenoxy) is 2. The monoisotopic (exact) mass is 627 g/mol. The van der Waals surface area contributed by atoms with Crippen LogP contribution in [0, 0.1) is 0 Å². The Balaban J connectivity index is 1.26. The van der Waals surface area contributed by atoms with Gasteiger partial charge < -0.3 is 24.6 Å². The molecule has 0 radical (unpaired) electrons. The van der Waals surface area contributed by atoms with Crippen molar-refractivity contribution in [1.29, 1.82) is 0 Å². The minimum absolute atomic E-state index is 0.425. The number of aromatic nitrogens is 6. The molecule has 214 valence electrons. The Morgan fingerprint density at radius 2 is 1.83 bits per heavy atom. The van der Waals surface area contributed by atoms with Crippen LogP contribution in [0.2, 0.25) is 0 Å². The van der Waals surface area contributed by atoms with Crippen LogP contribution in [0.15, 0.2) is 65.7 Å². The van der Waals surface area contributed by atoms with Gasteiger partial charge in [-0.2, -0.15) is 15.2 Å². The third-order valence-electron chi connectivity index (χ3n) is 7.64. The van der Waals surface area contributed by atoms with Crippen molar-refractivity contribution in [3.8, 4) is 34.0 Å². The van der Waals surface area contributed by atoms with Crippen LogP contribution >= 0.6 is 15.9 Å². The molecule has 0 aliphatic carbocycles. The third kappa shape index (κ3) is 4.76. The highest BCUT2D eigenvalue weighted by Gasteiger charge is 2.25. The second-order valence-electron chi connectivity index (χ2n) is 10.4. The summed E-state index contributed by atoms with van der Waals surface area (Å²) in [6, 6.07) is 12.5. The molecule has 0 spiro atoms. The van der Waals surface area contributed by atoms with E-state index in [1.165, 1.54) is 0 Å². The minimum Gasteiger partial charge on any atom is -0.494 e. The van der Waals surface area contributed by atoms with E-state index >= 15 is 0 Å². The van der Waals surface area contributed by atoms with Gasteiger partial charge in [0, 0.05) is 92.0 Å². The lowest BCUT2D eigenvalue weighted by atomic mass is 10.0. The summed E-state index contributed by atoms with van der Waals surface area (Å²) in [5.74, 6) is 1.75. The predicted octanol–water partition coefficient (Wildman–Crippen LogP) is 5.03. The number of benzene rings is 2. The molecular formula is C30H30BrN9O2. The number of methoxy groups -OCH3 is 1. The van der Waals surface area contributed by atoms with Crippen LogP contribution in [-0.2, 0) is 18.3 Å². The molecule has 7 rings (SSSR count). The van der Waals surface area contributed by atoms with Gasteiger partial charge in [-0.15, -0.1) is 0 Å². The van der Waals surface area contributed by atoms with E-state index in [4.69, 9.17) is 19.6 Å². The van der Waals surface area contributed by atoms with E-state index in [0.717, 1.165) is 69.1 Å². The molecule has 2 aromatic carbocycles. The second-order valence-corrected chi connectivity index (χ2v) is 11.2. The molecule has 0 unspecified atom stereocenters. The lowest BCUT2D eigenvalue weighted by molar-refractivity contribution is 0.122. The zero-order valence-corrected chi connectivity index (χ0v) is 25.2. The first-order valence-corrected chi connectivity index (χ1v) is 14.5. The van der Waals surface area contributed by atoms with Gasteiger partial charge in [-0.1, -0.05) is 18.2 Å². The van der Waals surface area contributed by atoms with Gasteiger partial charge in [0.2, 0.25) is 5.95 Å². The standard InChI is InChI=1S/C30H30BrN9O2/c1-37-16-20-18-40(36-28(20)21-6-4-5-7-25(21)37)29-23(31)15-32-30(35-29)34-24-12-22(19-14-33-38(2)17-19)26(13-27(24)41-3)39-8-10-42-11-9-39/h4-7,12-15,17-18H,8-11,16H2,1-3H3,(H,32,34,35). The number of anilines is 4. The maximum atomic E-state index is 5.85. The van der Waals surface area contributed by atoms with E-state index in [-0.39, 0.29) is 0 Å². The number of para-hydroxylation sites is 1. The smallest absolute Gasteiger partial charge is 0.229 e. The van der Waals surface area contributed by atoms with Crippen LogP contribution in [-0.4, -0.2) is 70.0 Å². The van der Waals surface area contributed by atoms with Crippen molar-refractivity contribution in [1.82, 2.24) is 29.5 Å². The first-order chi connectivity index (χ1) is 20.5. The average Bonchev–Trinajstić information content (AvgIpc) is 3.65. The Morgan fingerprint density at radius 3 is 2.62 bits per heavy atom. The molecule has 3 aromatic heterocycles. The van der Waals surface area contributed by atoms with Gasteiger partial charge in [0.15, 0.2) is 5.82 Å². The van der Waals surface area contributed by atoms with Crippen molar-refractivity contribution < 1.29 is 9.47 Å². The fourth-order valence-corrected chi connectivity index (χ4v) is 5.97. The van der Waals surface area contributed by atoms with Crippen molar-refractivity contribution in [3.05, 3.63) is 71.2 Å². The fraction of sp³-hybridized carbons (Fsp3) is 0.267. The normalized spacial score (nSPS) is 14.5. The average molecular weight is 629 g/mol. The van der Waals surface area contributed by atoms with E-state index in [2.05, 4.69) is 78.5 Å². The van der Waals surface area contributed by atoms with Crippen LogP contribution in [0.5, 0.6) is 5.75 Å². The molecule has 1 N–H and O–H groups in total. The molecule has 0 saturated carbocycles. The third-order valence-corrected chi connectivity index (χ3v) is 8.20. The Kier molecular flexibility index (Phi) is 6.79. The number of morpholine rings is 1. The largest absolute Gasteiger partial charge is 0.494 e. The lowest BCUT2D eigenvalue weighted by Crippen LogP contribution is -2.36. The van der Waals surface area contributed by atoms with Crippen LogP contribution in [0.1, 0.15) is 5.56 Å². The first kappa shape index (κ1) is 26.5. The Hall–Kier alpha value is -4.42. The molecule has 0 amide bonds. The van der Waals surface area contributed by atoms with Crippen LogP contribution in [0.25, 0.3) is 28.2 Å². The lowest BCUT2D eigenvalue weighted by Gasteiger charge is -2.31. The van der Waals surface area contributed by atoms with Crippen molar-refractivity contribution in [2.24, 2.45) is 7.05 Å². The topological polar surface area (TPSA) is 98.4 Å². The zero-order valence-electron chi connectivity index (χ0n) is 23.6. The molecule has 11 nitrogen and oxygen atoms in total. The second kappa shape index (κ2) is 10.8. The molecule has 2 aliphatic heterocycles. The van der Waals surface area contributed by atoms with Crippen molar-refractivity contribution in [2.75, 3.05) is 55.6 Å². The van der Waals surface area contributed by atoms with E-state index in [0.29, 0.717) is 30.7 Å². The summed E-state index contributed by atoms with van der Waals surface area (Å²) < 4.78 is 15.8. The summed E-state index contributed by atoms with van der Waals surface area (Å²) in [4.78, 5) is 14.0. The van der Waals surface area contributed by atoms with Gasteiger partial charge in [-0.05, 0) is 28.1 Å². The van der Waals surface area contributed by atoms with Crippen molar-refractivity contribution in [3.63, 3.8) is 0 Å². The SMILES string of the molecule is COc1cc(N2CCOCC2)c(-c2cnn(C)c2)cc1Nc1ncc(Br)c(-n2cc3c(n2)-c2ccccc2N(C)C3)n1. The van der Waals surface area contributed by atoms with Crippen LogP contribution < -0.4 is 19.9 Å². The zero-order chi connectivity index (χ0) is 28.8. The number of nitrogens with zero attached hydrogens (tertiary/aromatic N) is 8. The molecule has 5 aromatic rings. The highest BCUT2D eigenvalue weighted by Crippen LogP contribution is 2.41. The summed E-state index contributed by atoms with van der Waals surface area (Å²) >= 11 is 3.64. The predicted molar refractivity (Wildman–Crippen MR) is 166 cm³/mol. The Labute approximate surface area is 251 Å². The minimum atomic E-state index is 0.425. The molecular weight excluding hydrogens is 598 g/mol. The van der Waals surface area contributed by atoms with E-state index in [1.54, 1.807) is 18.0 Å². The van der Waals surface area contributed by atoms with Gasteiger partial charge in [-0.3, -0.25) is 4.68 Å². The molecule has 1 fully saturated rings. The maximum Gasteiger partial charge on any atom is 0.229 e. The van der Waals surface area contributed by atoms with Gasteiger partial charge >= 0.3 is 0 Å². The van der Waals surface area contributed by atoms with E-state index in [9.17, 15) is 0 Å². The summed E-state index contributed by atoms with van der Waals surface area (Å²) in [6.45, 7) is 3.74. The van der Waals surface area contributed by atoms with E-state index in [1.807, 2.05) is 36.4 Å². The number of nitrogens with one attached hydrogen (secondary N) is 1. The molecule has 2 aliphatic rings.